The number of hydrogen-bond acceptors (Lipinski definition) is 1. The number of nitrogens with zero attached hydrogens (tertiary/aromatic N) is 1. The maximum atomic E-state index is 14.0. The van der Waals surface area contributed by atoms with Gasteiger partial charge in [-0.05, 0) is 37.3 Å². The fourth-order valence-corrected chi connectivity index (χ4v) is 2.86. The van der Waals surface area contributed by atoms with Gasteiger partial charge >= 0.3 is 0 Å². The van der Waals surface area contributed by atoms with Crippen LogP contribution in [0, 0.1) is 11.7 Å². The fourth-order valence-electron chi connectivity index (χ4n) is 2.64. The number of piperidine rings is 1. The SMILES string of the molecule is CC1CCCN(c2c(F)cccc2CCl)C1C. The molecule has 1 aromatic carbocycles. The molecule has 1 aromatic rings. The van der Waals surface area contributed by atoms with Crippen LogP contribution in [0.15, 0.2) is 18.2 Å². The van der Waals surface area contributed by atoms with Crippen molar-refractivity contribution in [1.29, 1.82) is 0 Å². The molecule has 1 aliphatic heterocycles. The van der Waals surface area contributed by atoms with Crippen LogP contribution in [-0.4, -0.2) is 12.6 Å². The molecule has 1 fully saturated rings. The smallest absolute Gasteiger partial charge is 0.146 e. The van der Waals surface area contributed by atoms with Crippen molar-refractivity contribution in [2.75, 3.05) is 11.4 Å². The number of para-hydroxylation sites is 1. The maximum Gasteiger partial charge on any atom is 0.146 e. The summed E-state index contributed by atoms with van der Waals surface area (Å²) < 4.78 is 14.0. The summed E-state index contributed by atoms with van der Waals surface area (Å²) in [6.45, 7) is 5.34. The number of anilines is 1. The van der Waals surface area contributed by atoms with Gasteiger partial charge in [0.2, 0.25) is 0 Å². The third-order valence-electron chi connectivity index (χ3n) is 3.88. The van der Waals surface area contributed by atoms with Crippen molar-refractivity contribution < 1.29 is 4.39 Å². The Hall–Kier alpha value is -0.760. The van der Waals surface area contributed by atoms with Gasteiger partial charge in [-0.3, -0.25) is 0 Å². The molecule has 1 heterocycles. The normalized spacial score (nSPS) is 25.1. The Balaban J connectivity index is 2.38. The van der Waals surface area contributed by atoms with E-state index in [2.05, 4.69) is 18.7 Å². The van der Waals surface area contributed by atoms with Crippen molar-refractivity contribution in [3.05, 3.63) is 29.6 Å². The summed E-state index contributed by atoms with van der Waals surface area (Å²) in [6, 6.07) is 5.55. The van der Waals surface area contributed by atoms with Crippen molar-refractivity contribution in [2.45, 2.75) is 38.6 Å². The van der Waals surface area contributed by atoms with Gasteiger partial charge in [0, 0.05) is 18.5 Å². The summed E-state index contributed by atoms with van der Waals surface area (Å²) in [5.41, 5.74) is 1.61. The molecule has 0 bridgehead atoms. The molecular weight excluding hydrogens is 237 g/mol. The van der Waals surface area contributed by atoms with E-state index in [-0.39, 0.29) is 5.82 Å². The molecule has 0 aromatic heterocycles. The summed E-state index contributed by atoms with van der Waals surface area (Å²) in [6.07, 6.45) is 2.35. The van der Waals surface area contributed by atoms with Crippen LogP contribution in [-0.2, 0) is 5.88 Å². The molecule has 0 amide bonds. The lowest BCUT2D eigenvalue weighted by Crippen LogP contribution is -2.43. The van der Waals surface area contributed by atoms with Crippen molar-refractivity contribution in [3.63, 3.8) is 0 Å². The second-order valence-electron chi connectivity index (χ2n) is 4.93. The quantitative estimate of drug-likeness (QED) is 0.717. The monoisotopic (exact) mass is 255 g/mol. The molecule has 3 heteroatoms. The Kier molecular flexibility index (Phi) is 3.93. The Morgan fingerprint density at radius 1 is 1.41 bits per heavy atom. The zero-order valence-corrected chi connectivity index (χ0v) is 11.2. The first-order valence-electron chi connectivity index (χ1n) is 6.25. The maximum absolute atomic E-state index is 14.0. The van der Waals surface area contributed by atoms with Gasteiger partial charge in [-0.1, -0.05) is 19.1 Å². The lowest BCUT2D eigenvalue weighted by atomic mass is 9.91. The lowest BCUT2D eigenvalue weighted by molar-refractivity contribution is 0.360. The van der Waals surface area contributed by atoms with Gasteiger partial charge in [-0.25, -0.2) is 4.39 Å². The molecule has 17 heavy (non-hydrogen) atoms. The van der Waals surface area contributed by atoms with E-state index < -0.39 is 0 Å². The Labute approximate surface area is 108 Å². The summed E-state index contributed by atoms with van der Waals surface area (Å²) in [4.78, 5) is 2.18. The molecule has 0 saturated carbocycles. The highest BCUT2D eigenvalue weighted by molar-refractivity contribution is 6.17. The predicted molar refractivity (Wildman–Crippen MR) is 71.2 cm³/mol. The molecule has 1 aliphatic rings. The lowest BCUT2D eigenvalue weighted by Gasteiger charge is -2.40. The summed E-state index contributed by atoms with van der Waals surface area (Å²) in [5, 5.41) is 0. The summed E-state index contributed by atoms with van der Waals surface area (Å²) in [5.74, 6) is 0.820. The van der Waals surface area contributed by atoms with Crippen LogP contribution in [0.5, 0.6) is 0 Å². The van der Waals surface area contributed by atoms with E-state index in [4.69, 9.17) is 11.6 Å². The van der Waals surface area contributed by atoms with E-state index in [9.17, 15) is 4.39 Å². The minimum atomic E-state index is -0.149. The van der Waals surface area contributed by atoms with E-state index in [1.807, 2.05) is 6.07 Å². The first-order valence-corrected chi connectivity index (χ1v) is 6.78. The fraction of sp³-hybridized carbons (Fsp3) is 0.571. The standard InChI is InChI=1S/C14H19ClFN/c1-10-5-4-8-17(11(10)2)14-12(9-15)6-3-7-13(14)16/h3,6-7,10-11H,4-5,8-9H2,1-2H3. The molecule has 2 atom stereocenters. The summed E-state index contributed by atoms with van der Waals surface area (Å²) >= 11 is 5.91. The molecule has 0 aliphatic carbocycles. The van der Waals surface area contributed by atoms with Crippen LogP contribution in [0.2, 0.25) is 0 Å². The minimum absolute atomic E-state index is 0.149. The van der Waals surface area contributed by atoms with Crippen LogP contribution in [0.3, 0.4) is 0 Å². The second-order valence-corrected chi connectivity index (χ2v) is 5.20. The Morgan fingerprint density at radius 3 is 2.88 bits per heavy atom. The van der Waals surface area contributed by atoms with Gasteiger partial charge in [-0.15, -0.1) is 11.6 Å². The third kappa shape index (κ3) is 2.42. The van der Waals surface area contributed by atoms with Crippen molar-refractivity contribution in [2.24, 2.45) is 5.92 Å². The highest BCUT2D eigenvalue weighted by atomic mass is 35.5. The van der Waals surface area contributed by atoms with E-state index in [0.717, 1.165) is 18.5 Å². The van der Waals surface area contributed by atoms with Crippen molar-refractivity contribution in [3.8, 4) is 0 Å². The molecule has 0 N–H and O–H groups in total. The van der Waals surface area contributed by atoms with Gasteiger partial charge in [0.25, 0.3) is 0 Å². The molecule has 0 radical (unpaired) electrons. The largest absolute Gasteiger partial charge is 0.366 e. The number of benzene rings is 1. The number of halogens is 2. The third-order valence-corrected chi connectivity index (χ3v) is 4.16. The van der Waals surface area contributed by atoms with E-state index >= 15 is 0 Å². The molecular formula is C14H19ClFN. The van der Waals surface area contributed by atoms with E-state index in [0.29, 0.717) is 23.5 Å². The van der Waals surface area contributed by atoms with E-state index in [1.54, 1.807) is 6.07 Å². The van der Waals surface area contributed by atoms with Gasteiger partial charge in [0.1, 0.15) is 5.82 Å². The topological polar surface area (TPSA) is 3.24 Å². The molecule has 94 valence electrons. The number of rotatable bonds is 2. The van der Waals surface area contributed by atoms with Crippen LogP contribution in [0.25, 0.3) is 0 Å². The molecule has 0 spiro atoms. The van der Waals surface area contributed by atoms with Crippen molar-refractivity contribution >= 4 is 17.3 Å². The molecule has 2 unspecified atom stereocenters. The number of hydrogen-bond donors (Lipinski definition) is 0. The zero-order valence-electron chi connectivity index (χ0n) is 10.4. The van der Waals surface area contributed by atoms with Crippen molar-refractivity contribution in [1.82, 2.24) is 0 Å². The Morgan fingerprint density at radius 2 is 2.18 bits per heavy atom. The Bertz CT molecular complexity index is 394. The minimum Gasteiger partial charge on any atom is -0.366 e. The molecule has 1 saturated heterocycles. The van der Waals surface area contributed by atoms with Crippen LogP contribution in [0.1, 0.15) is 32.3 Å². The summed E-state index contributed by atoms with van der Waals surface area (Å²) in [7, 11) is 0. The highest BCUT2D eigenvalue weighted by Gasteiger charge is 2.27. The molecule has 1 nitrogen and oxygen atoms in total. The van der Waals surface area contributed by atoms with Gasteiger partial charge in [0.05, 0.1) is 5.69 Å². The van der Waals surface area contributed by atoms with Crippen LogP contribution >= 0.6 is 11.6 Å². The predicted octanol–water partition coefficient (Wildman–Crippen LogP) is 4.19. The van der Waals surface area contributed by atoms with Crippen LogP contribution in [0.4, 0.5) is 10.1 Å². The average Bonchev–Trinajstić information content (AvgIpc) is 2.33. The molecule has 2 rings (SSSR count). The highest BCUT2D eigenvalue weighted by Crippen LogP contribution is 2.33. The van der Waals surface area contributed by atoms with Gasteiger partial charge < -0.3 is 4.90 Å². The van der Waals surface area contributed by atoms with Gasteiger partial charge in [-0.2, -0.15) is 0 Å². The van der Waals surface area contributed by atoms with E-state index in [1.165, 1.54) is 12.5 Å². The average molecular weight is 256 g/mol. The zero-order chi connectivity index (χ0) is 12.4. The van der Waals surface area contributed by atoms with Gasteiger partial charge in [0.15, 0.2) is 0 Å². The second kappa shape index (κ2) is 5.26. The number of alkyl halides is 1. The van der Waals surface area contributed by atoms with Crippen LogP contribution < -0.4 is 4.90 Å². The first-order chi connectivity index (χ1) is 8.15. The first kappa shape index (κ1) is 12.7.